The monoisotopic (exact) mass is 977 g/mol. The van der Waals surface area contributed by atoms with E-state index >= 15 is 0 Å². The Morgan fingerprint density at radius 2 is 0.556 bits per heavy atom. The molecule has 0 aliphatic rings. The van der Waals surface area contributed by atoms with Gasteiger partial charge in [-0.2, -0.15) is 0 Å². The third-order valence-corrected chi connectivity index (χ3v) is 12.5. The van der Waals surface area contributed by atoms with Gasteiger partial charge in [0, 0.05) is 0 Å². The molecule has 10 nitrogen and oxygen atoms in total. The van der Waals surface area contributed by atoms with Gasteiger partial charge in [-0.05, 0) is 145 Å². The quantitative estimate of drug-likeness (QED) is 0.0229. The zero-order valence-corrected chi connectivity index (χ0v) is 42.3. The van der Waals surface area contributed by atoms with Gasteiger partial charge >= 0.3 is 23.9 Å². The van der Waals surface area contributed by atoms with E-state index < -0.39 is 23.9 Å². The number of hydrogen-bond donors (Lipinski definition) is 0. The lowest BCUT2D eigenvalue weighted by Gasteiger charge is -2.09. The summed E-state index contributed by atoms with van der Waals surface area (Å²) in [5, 5.41) is 1.48. The highest BCUT2D eigenvalue weighted by Crippen LogP contribution is 2.26. The minimum Gasteiger partial charge on any atom is -0.494 e. The van der Waals surface area contributed by atoms with Crippen LogP contribution >= 0.6 is 0 Å². The molecule has 10 heteroatoms. The van der Waals surface area contributed by atoms with Crippen molar-refractivity contribution in [3.05, 3.63) is 156 Å². The van der Waals surface area contributed by atoms with Gasteiger partial charge < -0.3 is 28.4 Å². The number of hydrogen-bond acceptors (Lipinski definition) is 10. The number of rotatable bonds is 32. The van der Waals surface area contributed by atoms with E-state index in [9.17, 15) is 19.2 Å². The molecule has 0 aromatic heterocycles. The molecule has 0 aliphatic carbocycles. The largest absolute Gasteiger partial charge is 0.494 e. The number of ether oxygens (including phenoxy) is 6. The predicted octanol–water partition coefficient (Wildman–Crippen LogP) is 16.3. The summed E-state index contributed by atoms with van der Waals surface area (Å²) in [5.74, 6) is 0.284. The second-order valence-electron chi connectivity index (χ2n) is 18.4. The first-order chi connectivity index (χ1) is 35.3. The molecule has 6 aromatic carbocycles. The van der Waals surface area contributed by atoms with Crippen LogP contribution in [0.5, 0.6) is 34.5 Å². The lowest BCUT2D eigenvalue weighted by atomic mass is 10.1. The van der Waals surface area contributed by atoms with Gasteiger partial charge in [0.25, 0.3) is 0 Å². The summed E-state index contributed by atoms with van der Waals surface area (Å²) in [5.41, 5.74) is 1.31. The van der Waals surface area contributed by atoms with E-state index in [-0.39, 0.29) is 28.4 Å². The van der Waals surface area contributed by atoms with Crippen molar-refractivity contribution in [2.45, 2.75) is 142 Å². The van der Waals surface area contributed by atoms with Crippen LogP contribution in [0.15, 0.2) is 133 Å². The van der Waals surface area contributed by atoms with Gasteiger partial charge in [-0.25, -0.2) is 19.2 Å². The molecule has 6 rings (SSSR count). The molecule has 0 spiro atoms. The average molecular weight is 977 g/mol. The molecule has 0 aliphatic heterocycles. The first-order valence-corrected chi connectivity index (χ1v) is 26.4. The van der Waals surface area contributed by atoms with Crippen molar-refractivity contribution in [3.8, 4) is 34.5 Å². The van der Waals surface area contributed by atoms with Crippen LogP contribution in [0.3, 0.4) is 0 Å². The predicted molar refractivity (Wildman–Crippen MR) is 284 cm³/mol. The van der Waals surface area contributed by atoms with Gasteiger partial charge in [0.2, 0.25) is 0 Å². The smallest absolute Gasteiger partial charge is 0.343 e. The topological polar surface area (TPSA) is 124 Å². The summed E-state index contributed by atoms with van der Waals surface area (Å²) in [6, 6.07) is 36.3. The molecule has 0 radical (unpaired) electrons. The Morgan fingerprint density at radius 1 is 0.278 bits per heavy atom. The van der Waals surface area contributed by atoms with Gasteiger partial charge in [-0.15, -0.1) is 0 Å². The Kier molecular flexibility index (Phi) is 23.2. The summed E-state index contributed by atoms with van der Waals surface area (Å²) in [7, 11) is 0. The number of fused-ring (bicyclic) bond motifs is 1. The lowest BCUT2D eigenvalue weighted by Crippen LogP contribution is -2.10. The fourth-order valence-electron chi connectivity index (χ4n) is 8.25. The van der Waals surface area contributed by atoms with Crippen LogP contribution in [-0.4, -0.2) is 37.1 Å². The van der Waals surface area contributed by atoms with Crippen molar-refractivity contribution in [1.29, 1.82) is 0 Å². The van der Waals surface area contributed by atoms with Crippen LogP contribution in [-0.2, 0) is 0 Å². The van der Waals surface area contributed by atoms with Gasteiger partial charge in [0.15, 0.2) is 0 Å². The van der Waals surface area contributed by atoms with E-state index in [4.69, 9.17) is 28.4 Å². The summed E-state index contributed by atoms with van der Waals surface area (Å²) in [6.07, 6.45) is 25.3. The molecular formula is C62H72O10. The number of esters is 4. The van der Waals surface area contributed by atoms with Crippen molar-refractivity contribution in [2.24, 2.45) is 0 Å². The molecule has 6 aromatic rings. The van der Waals surface area contributed by atoms with Gasteiger partial charge in [0.05, 0.1) is 35.5 Å². The summed E-state index contributed by atoms with van der Waals surface area (Å²) >= 11 is 0. The van der Waals surface area contributed by atoms with Crippen LogP contribution < -0.4 is 28.4 Å². The molecule has 0 saturated heterocycles. The van der Waals surface area contributed by atoms with Crippen molar-refractivity contribution >= 4 is 34.6 Å². The Labute approximate surface area is 426 Å². The van der Waals surface area contributed by atoms with Crippen LogP contribution in [0.2, 0.25) is 0 Å². The van der Waals surface area contributed by atoms with Crippen molar-refractivity contribution in [2.75, 3.05) is 13.2 Å². The Morgan fingerprint density at radius 3 is 0.944 bits per heavy atom. The Hall–Kier alpha value is -6.94. The highest BCUT2D eigenvalue weighted by atomic mass is 16.5. The van der Waals surface area contributed by atoms with E-state index in [0.29, 0.717) is 47.0 Å². The first kappa shape index (κ1) is 54.4. The fourth-order valence-corrected chi connectivity index (χ4v) is 8.25. The summed E-state index contributed by atoms with van der Waals surface area (Å²) in [4.78, 5) is 52.0. The molecular weight excluding hydrogens is 905 g/mol. The molecule has 0 heterocycles. The number of unbranched alkanes of at least 4 members (excludes halogenated alkanes) is 18. The summed E-state index contributed by atoms with van der Waals surface area (Å²) < 4.78 is 34.2. The molecule has 0 unspecified atom stereocenters. The highest BCUT2D eigenvalue weighted by Gasteiger charge is 2.15. The van der Waals surface area contributed by atoms with E-state index in [1.807, 2.05) is 0 Å². The van der Waals surface area contributed by atoms with Gasteiger partial charge in [0.1, 0.15) is 34.5 Å². The lowest BCUT2D eigenvalue weighted by molar-refractivity contribution is 0.0719. The standard InChI is InChI=1S/C62H72O10/c1-3-5-7-9-11-13-15-17-19-21-43-67-53-32-26-48(27-33-53)59(63)69-55-36-30-50(31-37-55)61(65)72-58-38-25-47-23-24-51(45-52(47)46-58)62(66)71-57-41-39-56(40-42-57)70-60(64)49-28-34-54(35-29-49)68-44-22-20-18-16-14-12-10-8-6-4-2/h23-42,45-46H,3-22,43-44H2,1-2H3. The van der Waals surface area contributed by atoms with Crippen LogP contribution in [0.25, 0.3) is 10.8 Å². The zero-order chi connectivity index (χ0) is 50.6. The molecule has 0 saturated carbocycles. The minimum atomic E-state index is -0.608. The van der Waals surface area contributed by atoms with E-state index in [2.05, 4.69) is 13.8 Å². The molecule has 0 atom stereocenters. The van der Waals surface area contributed by atoms with Crippen LogP contribution in [0.4, 0.5) is 0 Å². The maximum Gasteiger partial charge on any atom is 0.343 e. The highest BCUT2D eigenvalue weighted by molar-refractivity contribution is 5.98. The van der Waals surface area contributed by atoms with Crippen molar-refractivity contribution in [3.63, 3.8) is 0 Å². The normalized spacial score (nSPS) is 11.0. The van der Waals surface area contributed by atoms with Crippen LogP contribution in [0, 0.1) is 0 Å². The molecule has 72 heavy (non-hydrogen) atoms. The van der Waals surface area contributed by atoms with E-state index in [1.54, 1.807) is 109 Å². The molecule has 0 bridgehead atoms. The SMILES string of the molecule is CCCCCCCCCCCCOc1ccc(C(=O)Oc2ccc(OC(=O)c3ccc4ccc(OC(=O)c5ccc(OC(=O)c6ccc(OCCCCCCCCCCCC)cc6)cc5)cc4c3)cc2)cc1. The molecule has 380 valence electrons. The number of carbonyl (C=O) groups excluding carboxylic acids is 4. The maximum atomic E-state index is 13.2. The van der Waals surface area contributed by atoms with E-state index in [1.165, 1.54) is 127 Å². The molecule has 0 N–H and O–H groups in total. The van der Waals surface area contributed by atoms with Gasteiger partial charge in [-0.3, -0.25) is 0 Å². The third-order valence-electron chi connectivity index (χ3n) is 12.5. The minimum absolute atomic E-state index is 0.255. The second kappa shape index (κ2) is 30.7. The Balaban J connectivity index is 0.889. The Bertz CT molecular complexity index is 2570. The average Bonchev–Trinajstić information content (AvgIpc) is 3.40. The van der Waals surface area contributed by atoms with Crippen molar-refractivity contribution < 1.29 is 47.6 Å². The molecule has 0 fully saturated rings. The zero-order valence-electron chi connectivity index (χ0n) is 42.3. The maximum absolute atomic E-state index is 13.2. The number of carbonyl (C=O) groups is 4. The van der Waals surface area contributed by atoms with E-state index in [0.717, 1.165) is 31.1 Å². The second-order valence-corrected chi connectivity index (χ2v) is 18.4. The third kappa shape index (κ3) is 19.0. The van der Waals surface area contributed by atoms with Gasteiger partial charge in [-0.1, -0.05) is 142 Å². The van der Waals surface area contributed by atoms with Crippen LogP contribution in [0.1, 0.15) is 184 Å². The summed E-state index contributed by atoms with van der Waals surface area (Å²) in [6.45, 7) is 5.78. The molecule has 0 amide bonds. The first-order valence-electron chi connectivity index (χ1n) is 26.4. The number of benzene rings is 6. The fraction of sp³-hybridized carbons (Fsp3) is 0.387. The van der Waals surface area contributed by atoms with Crippen molar-refractivity contribution in [1.82, 2.24) is 0 Å².